The lowest BCUT2D eigenvalue weighted by atomic mass is 10.00. The second kappa shape index (κ2) is 10.1. The van der Waals surface area contributed by atoms with E-state index in [-0.39, 0.29) is 11.8 Å². The Morgan fingerprint density at radius 3 is 2.38 bits per heavy atom. The lowest BCUT2D eigenvalue weighted by Gasteiger charge is -2.20. The van der Waals surface area contributed by atoms with E-state index in [1.54, 1.807) is 30.1 Å². The maximum atomic E-state index is 13.0. The number of amides is 2. The normalized spacial score (nSPS) is 14.0. The van der Waals surface area contributed by atoms with Gasteiger partial charge in [-0.15, -0.1) is 0 Å². The van der Waals surface area contributed by atoms with Crippen LogP contribution in [-0.4, -0.2) is 55.8 Å². The Balaban J connectivity index is 1.72. The monoisotopic (exact) mass is 474 g/mol. The summed E-state index contributed by atoms with van der Waals surface area (Å²) >= 11 is 6.14. The van der Waals surface area contributed by atoms with Crippen LogP contribution in [0, 0.1) is 0 Å². The lowest BCUT2D eigenvalue weighted by molar-refractivity contribution is -0.110. The molecule has 0 spiro atoms. The molecule has 2 N–H and O–H groups in total. The fourth-order valence-corrected chi connectivity index (χ4v) is 4.00. The Labute approximate surface area is 204 Å². The van der Waals surface area contributed by atoms with Crippen LogP contribution in [0.4, 0.5) is 11.4 Å². The van der Waals surface area contributed by atoms with Crippen molar-refractivity contribution in [1.29, 1.82) is 0 Å². The molecule has 1 aliphatic rings. The lowest BCUT2D eigenvalue weighted by Crippen LogP contribution is -2.33. The molecule has 2 amide bonds. The zero-order valence-corrected chi connectivity index (χ0v) is 20.2. The van der Waals surface area contributed by atoms with E-state index in [0.29, 0.717) is 39.8 Å². The van der Waals surface area contributed by atoms with E-state index < -0.39 is 0 Å². The maximum Gasteiger partial charge on any atom is 0.258 e. The molecule has 0 radical (unpaired) electrons. The molecular weight excluding hydrogens is 448 g/mol. The Morgan fingerprint density at radius 1 is 0.912 bits per heavy atom. The number of nitrogens with one attached hydrogen (secondary N) is 2. The summed E-state index contributed by atoms with van der Waals surface area (Å²) < 4.78 is 0. The fraction of sp³-hybridized carbons (Fsp3) is 0.185. The number of rotatable bonds is 7. The van der Waals surface area contributed by atoms with Crippen molar-refractivity contribution in [1.82, 2.24) is 9.80 Å². The van der Waals surface area contributed by atoms with Crippen molar-refractivity contribution in [3.05, 3.63) is 94.5 Å². The van der Waals surface area contributed by atoms with Crippen LogP contribution in [-0.2, 0) is 4.79 Å². The van der Waals surface area contributed by atoms with Crippen molar-refractivity contribution in [2.45, 2.75) is 0 Å². The molecule has 0 saturated carbocycles. The summed E-state index contributed by atoms with van der Waals surface area (Å²) in [5, 5.41) is 6.88. The van der Waals surface area contributed by atoms with Crippen LogP contribution in [0.15, 0.2) is 72.8 Å². The largest absolute Gasteiger partial charge is 0.354 e. The predicted molar refractivity (Wildman–Crippen MR) is 139 cm³/mol. The SMILES string of the molecule is CN(C)CCN(C)C(=O)c1cccc(NC(=C2C(=O)Nc3cc(Cl)ccc32)c2ccccc2)c1. The number of carbonyl (C=O) groups excluding carboxylic acids is 2. The first-order valence-electron chi connectivity index (χ1n) is 11.0. The number of hydrogen-bond donors (Lipinski definition) is 2. The zero-order valence-electron chi connectivity index (χ0n) is 19.4. The Kier molecular flexibility index (Phi) is 7.01. The molecular formula is C27H27ClN4O2. The zero-order chi connectivity index (χ0) is 24.2. The smallest absolute Gasteiger partial charge is 0.258 e. The van der Waals surface area contributed by atoms with E-state index in [0.717, 1.165) is 17.7 Å². The van der Waals surface area contributed by atoms with E-state index in [9.17, 15) is 9.59 Å². The summed E-state index contributed by atoms with van der Waals surface area (Å²) in [5.74, 6) is -0.266. The molecule has 3 aromatic rings. The van der Waals surface area contributed by atoms with Gasteiger partial charge in [-0.2, -0.15) is 0 Å². The first-order valence-corrected chi connectivity index (χ1v) is 11.4. The summed E-state index contributed by atoms with van der Waals surface area (Å²) in [6, 6.07) is 22.4. The molecule has 6 nitrogen and oxygen atoms in total. The molecule has 0 saturated heterocycles. The second-order valence-corrected chi connectivity index (χ2v) is 8.93. The van der Waals surface area contributed by atoms with E-state index in [4.69, 9.17) is 11.6 Å². The molecule has 0 unspecified atom stereocenters. The molecule has 34 heavy (non-hydrogen) atoms. The molecule has 0 bridgehead atoms. The molecule has 1 heterocycles. The van der Waals surface area contributed by atoms with Crippen LogP contribution in [0.25, 0.3) is 11.3 Å². The van der Waals surface area contributed by atoms with Gasteiger partial charge >= 0.3 is 0 Å². The van der Waals surface area contributed by atoms with Gasteiger partial charge in [0.15, 0.2) is 0 Å². The van der Waals surface area contributed by atoms with Crippen molar-refractivity contribution < 1.29 is 9.59 Å². The number of likely N-dealkylation sites (N-methyl/N-ethyl adjacent to an activating group) is 2. The molecule has 0 atom stereocenters. The third kappa shape index (κ3) is 5.14. The van der Waals surface area contributed by atoms with E-state index in [1.807, 2.05) is 73.6 Å². The molecule has 0 aromatic heterocycles. The molecule has 7 heteroatoms. The Bertz CT molecular complexity index is 1250. The highest BCUT2D eigenvalue weighted by atomic mass is 35.5. The third-order valence-corrected chi connectivity index (χ3v) is 5.88. The predicted octanol–water partition coefficient (Wildman–Crippen LogP) is 4.91. The third-order valence-electron chi connectivity index (χ3n) is 5.65. The molecule has 1 aliphatic heterocycles. The van der Waals surface area contributed by atoms with Gasteiger partial charge in [0.1, 0.15) is 0 Å². The van der Waals surface area contributed by atoms with Crippen LogP contribution < -0.4 is 10.6 Å². The molecule has 4 rings (SSSR count). The highest BCUT2D eigenvalue weighted by molar-refractivity contribution is 6.38. The number of hydrogen-bond acceptors (Lipinski definition) is 4. The topological polar surface area (TPSA) is 64.7 Å². The molecule has 174 valence electrons. The van der Waals surface area contributed by atoms with Gasteiger partial charge in [0.05, 0.1) is 17.0 Å². The van der Waals surface area contributed by atoms with Crippen LogP contribution >= 0.6 is 11.6 Å². The summed E-state index contributed by atoms with van der Waals surface area (Å²) in [6.07, 6.45) is 0. The summed E-state index contributed by atoms with van der Waals surface area (Å²) in [6.45, 7) is 1.41. The average Bonchev–Trinajstić information content (AvgIpc) is 3.15. The van der Waals surface area contributed by atoms with Crippen LogP contribution in [0.3, 0.4) is 0 Å². The molecule has 0 fully saturated rings. The van der Waals surface area contributed by atoms with E-state index in [2.05, 4.69) is 10.6 Å². The average molecular weight is 475 g/mol. The minimum Gasteiger partial charge on any atom is -0.354 e. The summed E-state index contributed by atoms with van der Waals surface area (Å²) in [4.78, 5) is 29.7. The number of benzene rings is 3. The highest BCUT2D eigenvalue weighted by Gasteiger charge is 2.28. The minimum absolute atomic E-state index is 0.0574. The number of anilines is 2. The van der Waals surface area contributed by atoms with Gasteiger partial charge in [-0.3, -0.25) is 9.59 Å². The Hall–Kier alpha value is -3.61. The van der Waals surface area contributed by atoms with E-state index in [1.165, 1.54) is 0 Å². The Morgan fingerprint density at radius 2 is 1.65 bits per heavy atom. The summed E-state index contributed by atoms with van der Waals surface area (Å²) in [7, 11) is 5.76. The summed E-state index contributed by atoms with van der Waals surface area (Å²) in [5.41, 5.74) is 4.78. The van der Waals surface area contributed by atoms with Gasteiger partial charge in [-0.1, -0.05) is 54.1 Å². The van der Waals surface area contributed by atoms with E-state index >= 15 is 0 Å². The van der Waals surface area contributed by atoms with Gasteiger partial charge in [-0.05, 0) is 50.0 Å². The minimum atomic E-state index is -0.209. The first kappa shape index (κ1) is 23.5. The van der Waals surface area contributed by atoms with Gasteiger partial charge in [0, 0.05) is 42.0 Å². The maximum absolute atomic E-state index is 13.0. The van der Waals surface area contributed by atoms with Crippen LogP contribution in [0.5, 0.6) is 0 Å². The molecule has 0 aliphatic carbocycles. The number of fused-ring (bicyclic) bond motifs is 1. The van der Waals surface area contributed by atoms with Crippen molar-refractivity contribution >= 4 is 46.1 Å². The second-order valence-electron chi connectivity index (χ2n) is 8.50. The fourth-order valence-electron chi connectivity index (χ4n) is 3.82. The number of halogens is 1. The van der Waals surface area contributed by atoms with Gasteiger partial charge in [0.2, 0.25) is 0 Å². The van der Waals surface area contributed by atoms with Gasteiger partial charge in [-0.25, -0.2) is 0 Å². The van der Waals surface area contributed by atoms with Crippen LogP contribution in [0.1, 0.15) is 21.5 Å². The first-order chi connectivity index (χ1) is 16.3. The molecule has 3 aromatic carbocycles. The van der Waals surface area contributed by atoms with Crippen molar-refractivity contribution in [3.8, 4) is 0 Å². The van der Waals surface area contributed by atoms with Crippen LogP contribution in [0.2, 0.25) is 5.02 Å². The van der Waals surface area contributed by atoms with Crippen molar-refractivity contribution in [2.75, 3.05) is 44.9 Å². The van der Waals surface area contributed by atoms with Gasteiger partial charge < -0.3 is 20.4 Å². The standard InChI is InChI=1S/C27H27ClN4O2/c1-31(2)14-15-32(3)27(34)19-10-7-11-21(16-19)29-25(18-8-5-4-6-9-18)24-22-13-12-20(28)17-23(22)30-26(24)33/h4-13,16-17,29H,14-15H2,1-3H3,(H,30,33). The van der Waals surface area contributed by atoms with Crippen molar-refractivity contribution in [2.24, 2.45) is 0 Å². The quantitative estimate of drug-likeness (QED) is 0.478. The van der Waals surface area contributed by atoms with Gasteiger partial charge in [0.25, 0.3) is 11.8 Å². The number of carbonyl (C=O) groups is 2. The highest BCUT2D eigenvalue weighted by Crippen LogP contribution is 2.38. The number of nitrogens with zero attached hydrogens (tertiary/aromatic N) is 2. The van der Waals surface area contributed by atoms with Crippen molar-refractivity contribution in [3.63, 3.8) is 0 Å².